The van der Waals surface area contributed by atoms with Gasteiger partial charge in [-0.25, -0.2) is 0 Å². The molecule has 0 N–H and O–H groups in total. The molecule has 3 rings (SSSR count). The minimum atomic E-state index is -1.03. The molecule has 1 aromatic rings. The fourth-order valence-electron chi connectivity index (χ4n) is 3.32. The van der Waals surface area contributed by atoms with Gasteiger partial charge in [-0.2, -0.15) is 0 Å². The Morgan fingerprint density at radius 3 is 2.55 bits per heavy atom. The Kier molecular flexibility index (Phi) is 3.56. The lowest BCUT2D eigenvalue weighted by Gasteiger charge is -2.36. The summed E-state index contributed by atoms with van der Waals surface area (Å²) >= 11 is 6.30. The second kappa shape index (κ2) is 5.16. The van der Waals surface area contributed by atoms with Crippen LogP contribution in [0, 0.1) is 5.92 Å². The van der Waals surface area contributed by atoms with Crippen molar-refractivity contribution in [3.05, 3.63) is 16.7 Å². The molecule has 1 aliphatic heterocycles. The Bertz CT molecular complexity index is 669. The van der Waals surface area contributed by atoms with Crippen LogP contribution >= 0.6 is 11.6 Å². The SMILES string of the molecule is COc1cc(OC)c2c(c1Cl)OC1(CCC(=O)CC1C)C2=O. The summed E-state index contributed by atoms with van der Waals surface area (Å²) in [6, 6.07) is 1.58. The van der Waals surface area contributed by atoms with E-state index in [1.165, 1.54) is 14.2 Å². The monoisotopic (exact) mass is 324 g/mol. The van der Waals surface area contributed by atoms with Crippen LogP contribution in [0.5, 0.6) is 17.2 Å². The van der Waals surface area contributed by atoms with Crippen LogP contribution in [0.2, 0.25) is 5.02 Å². The molecule has 0 amide bonds. The molecule has 2 aliphatic rings. The zero-order valence-electron chi connectivity index (χ0n) is 12.7. The van der Waals surface area contributed by atoms with Crippen molar-refractivity contribution in [2.45, 2.75) is 31.8 Å². The Hall–Kier alpha value is -1.75. The van der Waals surface area contributed by atoms with Crippen molar-refractivity contribution in [2.24, 2.45) is 5.92 Å². The van der Waals surface area contributed by atoms with Crippen LogP contribution < -0.4 is 14.2 Å². The molecule has 0 radical (unpaired) electrons. The van der Waals surface area contributed by atoms with Crippen LogP contribution in [0.3, 0.4) is 0 Å². The average Bonchev–Trinajstić information content (AvgIpc) is 2.80. The van der Waals surface area contributed by atoms with E-state index in [-0.39, 0.29) is 22.5 Å². The number of ether oxygens (including phenoxy) is 3. The number of fused-ring (bicyclic) bond motifs is 1. The van der Waals surface area contributed by atoms with E-state index in [1.54, 1.807) is 6.07 Å². The Balaban J connectivity index is 2.14. The van der Waals surface area contributed by atoms with E-state index in [2.05, 4.69) is 0 Å². The molecule has 0 aromatic heterocycles. The molecule has 1 aromatic carbocycles. The van der Waals surface area contributed by atoms with Gasteiger partial charge in [0, 0.05) is 31.2 Å². The molecule has 1 heterocycles. The molecule has 2 atom stereocenters. The highest BCUT2D eigenvalue weighted by Crippen LogP contribution is 2.53. The van der Waals surface area contributed by atoms with Gasteiger partial charge in [-0.3, -0.25) is 9.59 Å². The first-order valence-electron chi connectivity index (χ1n) is 7.14. The Labute approximate surface area is 133 Å². The lowest BCUT2D eigenvalue weighted by atomic mass is 9.73. The molecule has 0 saturated heterocycles. The smallest absolute Gasteiger partial charge is 0.214 e. The topological polar surface area (TPSA) is 61.8 Å². The van der Waals surface area contributed by atoms with Gasteiger partial charge >= 0.3 is 0 Å². The summed E-state index contributed by atoms with van der Waals surface area (Å²) in [5, 5.41) is 0.257. The normalized spacial score (nSPS) is 26.8. The van der Waals surface area contributed by atoms with Gasteiger partial charge in [-0.05, 0) is 0 Å². The maximum absolute atomic E-state index is 13.0. The largest absolute Gasteiger partial charge is 0.496 e. The summed E-state index contributed by atoms with van der Waals surface area (Å²) in [4.78, 5) is 24.7. The van der Waals surface area contributed by atoms with Crippen molar-refractivity contribution in [3.8, 4) is 17.2 Å². The fraction of sp³-hybridized carbons (Fsp3) is 0.500. The van der Waals surface area contributed by atoms with Gasteiger partial charge in [-0.15, -0.1) is 0 Å². The first kappa shape index (κ1) is 15.2. The van der Waals surface area contributed by atoms with Crippen molar-refractivity contribution in [1.29, 1.82) is 0 Å². The zero-order valence-corrected chi connectivity index (χ0v) is 13.5. The van der Waals surface area contributed by atoms with E-state index in [4.69, 9.17) is 25.8 Å². The number of benzene rings is 1. The zero-order chi connectivity index (χ0) is 16.1. The molecule has 1 aliphatic carbocycles. The number of hydrogen-bond acceptors (Lipinski definition) is 5. The third-order valence-corrected chi connectivity index (χ3v) is 4.95. The second-order valence-corrected chi connectivity index (χ2v) is 6.14. The molecule has 0 bridgehead atoms. The van der Waals surface area contributed by atoms with Crippen LogP contribution in [0.25, 0.3) is 0 Å². The van der Waals surface area contributed by atoms with E-state index >= 15 is 0 Å². The molecular formula is C16H17ClO5. The molecule has 22 heavy (non-hydrogen) atoms. The average molecular weight is 325 g/mol. The fourth-order valence-corrected chi connectivity index (χ4v) is 3.58. The number of carbonyl (C=O) groups excluding carboxylic acids is 2. The predicted molar refractivity (Wildman–Crippen MR) is 80.3 cm³/mol. The van der Waals surface area contributed by atoms with Gasteiger partial charge in [0.05, 0.1) is 14.2 Å². The number of Topliss-reactive ketones (excluding diaryl/α,β-unsaturated/α-hetero) is 2. The third-order valence-electron chi connectivity index (χ3n) is 4.59. The molecule has 1 spiro atoms. The van der Waals surface area contributed by atoms with Crippen LogP contribution in [0.15, 0.2) is 6.07 Å². The van der Waals surface area contributed by atoms with Gasteiger partial charge in [0.1, 0.15) is 27.9 Å². The molecule has 5 nitrogen and oxygen atoms in total. The summed E-state index contributed by atoms with van der Waals surface area (Å²) in [5.74, 6) is 0.846. The standard InChI is InChI=1S/C16H17ClO5/c1-8-6-9(18)4-5-16(8)15(19)12-10(20-2)7-11(21-3)13(17)14(12)22-16/h7-8H,4-6H2,1-3H3. The predicted octanol–water partition coefficient (Wildman–Crippen LogP) is 3.06. The van der Waals surface area contributed by atoms with Crippen LogP contribution in [0.1, 0.15) is 36.5 Å². The number of carbonyl (C=O) groups is 2. The first-order valence-corrected chi connectivity index (χ1v) is 7.52. The van der Waals surface area contributed by atoms with Crippen molar-refractivity contribution in [3.63, 3.8) is 0 Å². The van der Waals surface area contributed by atoms with Gasteiger partial charge in [0.25, 0.3) is 0 Å². The number of halogens is 1. The lowest BCUT2D eigenvalue weighted by Crippen LogP contribution is -2.50. The van der Waals surface area contributed by atoms with Crippen LogP contribution in [-0.4, -0.2) is 31.4 Å². The van der Waals surface area contributed by atoms with Crippen LogP contribution in [-0.2, 0) is 4.79 Å². The number of hydrogen-bond donors (Lipinski definition) is 0. The summed E-state index contributed by atoms with van der Waals surface area (Å²) in [6.07, 6.45) is 1.03. The summed E-state index contributed by atoms with van der Waals surface area (Å²) in [6.45, 7) is 1.86. The molecule has 118 valence electrons. The number of ketones is 2. The Morgan fingerprint density at radius 2 is 1.95 bits per heavy atom. The van der Waals surface area contributed by atoms with E-state index in [0.717, 1.165) is 0 Å². The maximum atomic E-state index is 13.0. The van der Waals surface area contributed by atoms with Crippen molar-refractivity contribution in [1.82, 2.24) is 0 Å². The van der Waals surface area contributed by atoms with E-state index in [0.29, 0.717) is 42.1 Å². The molecule has 2 unspecified atom stereocenters. The van der Waals surface area contributed by atoms with E-state index in [1.807, 2.05) is 6.92 Å². The summed E-state index contributed by atoms with van der Waals surface area (Å²) in [7, 11) is 2.97. The highest BCUT2D eigenvalue weighted by Gasteiger charge is 2.56. The quantitative estimate of drug-likeness (QED) is 0.836. The minimum Gasteiger partial charge on any atom is -0.496 e. The number of methoxy groups -OCH3 is 2. The van der Waals surface area contributed by atoms with Gasteiger partial charge in [-0.1, -0.05) is 18.5 Å². The lowest BCUT2D eigenvalue weighted by molar-refractivity contribution is -0.125. The van der Waals surface area contributed by atoms with Crippen molar-refractivity contribution < 1.29 is 23.8 Å². The minimum absolute atomic E-state index is 0.154. The number of rotatable bonds is 2. The highest BCUT2D eigenvalue weighted by atomic mass is 35.5. The third kappa shape index (κ3) is 1.92. The molecule has 1 saturated carbocycles. The maximum Gasteiger partial charge on any atom is 0.214 e. The van der Waals surface area contributed by atoms with Gasteiger partial charge in [0.15, 0.2) is 11.4 Å². The molecular weight excluding hydrogens is 308 g/mol. The Morgan fingerprint density at radius 1 is 1.27 bits per heavy atom. The van der Waals surface area contributed by atoms with E-state index < -0.39 is 5.60 Å². The molecule has 1 fully saturated rings. The van der Waals surface area contributed by atoms with Gasteiger partial charge < -0.3 is 14.2 Å². The highest BCUT2D eigenvalue weighted by molar-refractivity contribution is 6.35. The van der Waals surface area contributed by atoms with E-state index in [9.17, 15) is 9.59 Å². The second-order valence-electron chi connectivity index (χ2n) is 5.76. The first-order chi connectivity index (χ1) is 10.4. The summed E-state index contributed by atoms with van der Waals surface area (Å²) < 4.78 is 16.5. The van der Waals surface area contributed by atoms with Gasteiger partial charge in [0.2, 0.25) is 5.78 Å². The van der Waals surface area contributed by atoms with Crippen molar-refractivity contribution in [2.75, 3.05) is 14.2 Å². The van der Waals surface area contributed by atoms with Crippen LogP contribution in [0.4, 0.5) is 0 Å². The summed E-state index contributed by atoms with van der Waals surface area (Å²) in [5.41, 5.74) is -0.686. The molecule has 6 heteroatoms. The van der Waals surface area contributed by atoms with Crippen molar-refractivity contribution >= 4 is 23.2 Å².